The largest absolute Gasteiger partial charge is 0.481 e. The summed E-state index contributed by atoms with van der Waals surface area (Å²) < 4.78 is 22.2. The molecule has 0 aromatic rings. The third-order valence-corrected chi connectivity index (χ3v) is 9.73. The smallest absolute Gasteiger partial charge is 0.300 e. The van der Waals surface area contributed by atoms with Crippen LogP contribution in [0.2, 0.25) is 0 Å². The number of nitrogens with two attached hydrogens (primary N) is 2. The molecular weight excluding hydrogens is 646 g/mol. The first-order valence-electron chi connectivity index (χ1n) is 18.5. The quantitative estimate of drug-likeness (QED) is 0.247. The molecule has 2 spiro atoms. The second kappa shape index (κ2) is 29.9. The molecule has 14 nitrogen and oxygen atoms in total. The zero-order chi connectivity index (χ0) is 37.1. The van der Waals surface area contributed by atoms with Crippen LogP contribution in [0.1, 0.15) is 117 Å². The van der Waals surface area contributed by atoms with Crippen LogP contribution in [0.5, 0.6) is 0 Å². The van der Waals surface area contributed by atoms with Crippen molar-refractivity contribution in [2.24, 2.45) is 17.4 Å². The molecule has 0 unspecified atom stereocenters. The minimum Gasteiger partial charge on any atom is -0.481 e. The predicted octanol–water partition coefficient (Wildman–Crippen LogP) is 2.68. The number of nitrogens with one attached hydrogen (secondary N) is 3. The molecule has 2 saturated heterocycles. The number of Topliss-reactive ketones (excluding diaryl/α,β-unsaturated/α-hetero) is 2. The molecule has 10 N–H and O–H groups in total. The van der Waals surface area contributed by atoms with Gasteiger partial charge in [0.2, 0.25) is 0 Å². The van der Waals surface area contributed by atoms with Gasteiger partial charge in [-0.3, -0.25) is 14.4 Å². The van der Waals surface area contributed by atoms with Gasteiger partial charge in [-0.2, -0.15) is 0 Å². The molecule has 14 heteroatoms. The molecule has 0 aromatic heterocycles. The molecule has 0 aromatic carbocycles. The highest BCUT2D eigenvalue weighted by atomic mass is 16.7. The van der Waals surface area contributed by atoms with E-state index in [0.29, 0.717) is 49.7 Å². The van der Waals surface area contributed by atoms with Crippen molar-refractivity contribution in [1.29, 1.82) is 0 Å². The lowest BCUT2D eigenvalue weighted by atomic mass is 9.87. The van der Waals surface area contributed by atoms with Gasteiger partial charge in [-0.05, 0) is 92.5 Å². The summed E-state index contributed by atoms with van der Waals surface area (Å²) in [6, 6.07) is 2.09. The van der Waals surface area contributed by atoms with Crippen molar-refractivity contribution in [3.05, 3.63) is 0 Å². The van der Waals surface area contributed by atoms with Gasteiger partial charge in [0.25, 0.3) is 5.97 Å². The summed E-state index contributed by atoms with van der Waals surface area (Å²) in [7, 11) is 9.06. The number of carbonyl (C=O) groups is 3. The standard InChI is InChI=1S/C9H17NO2.C8H17N.C8H12O3.C7H13NO.C2H4O2.2CH5N.H2O/c1-10-8-2-4-9(5-3-8)11-6-7-12-9;1-7-3-5-8(9-2)6-4-7;9-7-1-3-8(4-2-7)10-5-6-11-8;1-8-6-2-4-7(9)5-3-6;1-2(3)4;2*1-2;/h8,10H,2-7H2,1H3;7-9H,3-6H2,1-2H3;1-6H2;6,8H,2-5H2,1H3;1H3,(H,3,4);2*2H2,1H3;1H2. The SMILES string of the molecule is CC(=O)O.CN.CN.CNC1CCC(=O)CC1.CNC1CCC(C)CC1.CNC1CCC2(CC1)OCCO2.O.O=C1CCC2(CC1)OCCO2. The molecule has 6 fully saturated rings. The summed E-state index contributed by atoms with van der Waals surface area (Å²) in [5.41, 5.74) is 9.00. The van der Waals surface area contributed by atoms with Crippen LogP contribution < -0.4 is 27.4 Å². The molecule has 0 atom stereocenters. The monoisotopic (exact) mass is 722 g/mol. The number of ketones is 2. The number of hydrogen-bond donors (Lipinski definition) is 6. The molecule has 4 saturated carbocycles. The highest BCUT2D eigenvalue weighted by Gasteiger charge is 2.40. The highest BCUT2D eigenvalue weighted by molar-refractivity contribution is 5.79. The van der Waals surface area contributed by atoms with Gasteiger partial charge in [-0.15, -0.1) is 0 Å². The van der Waals surface area contributed by atoms with Crippen LogP contribution in [0.4, 0.5) is 0 Å². The van der Waals surface area contributed by atoms with E-state index in [1.807, 2.05) is 14.1 Å². The Labute approximate surface area is 302 Å². The summed E-state index contributed by atoms with van der Waals surface area (Å²) in [5, 5.41) is 17.2. The van der Waals surface area contributed by atoms with E-state index in [2.05, 4.69) is 41.4 Å². The number of carbonyl (C=O) groups excluding carboxylic acids is 2. The molecule has 0 radical (unpaired) electrons. The van der Waals surface area contributed by atoms with Gasteiger partial charge in [0, 0.05) is 76.4 Å². The first kappa shape index (κ1) is 50.5. The molecule has 4 aliphatic carbocycles. The zero-order valence-corrected chi connectivity index (χ0v) is 32.4. The van der Waals surface area contributed by atoms with E-state index in [9.17, 15) is 9.59 Å². The third kappa shape index (κ3) is 21.7. The van der Waals surface area contributed by atoms with Crippen LogP contribution in [-0.2, 0) is 33.3 Å². The fourth-order valence-corrected chi connectivity index (χ4v) is 6.60. The van der Waals surface area contributed by atoms with Crippen LogP contribution in [0.25, 0.3) is 0 Å². The maximum Gasteiger partial charge on any atom is 0.300 e. The van der Waals surface area contributed by atoms with E-state index in [1.165, 1.54) is 52.6 Å². The Hall–Kier alpha value is -1.59. The lowest BCUT2D eigenvalue weighted by Crippen LogP contribution is -2.40. The average molecular weight is 722 g/mol. The van der Waals surface area contributed by atoms with Crippen LogP contribution >= 0.6 is 0 Å². The van der Waals surface area contributed by atoms with Gasteiger partial charge in [0.1, 0.15) is 11.6 Å². The normalized spacial score (nSPS) is 25.1. The summed E-state index contributed by atoms with van der Waals surface area (Å²) in [5.74, 6) is 0.368. The Morgan fingerprint density at radius 3 is 1.26 bits per heavy atom. The van der Waals surface area contributed by atoms with Crippen LogP contribution in [0.3, 0.4) is 0 Å². The van der Waals surface area contributed by atoms with Gasteiger partial charge in [0.05, 0.1) is 26.4 Å². The van der Waals surface area contributed by atoms with Crippen LogP contribution in [0, 0.1) is 5.92 Å². The molecule has 50 heavy (non-hydrogen) atoms. The van der Waals surface area contributed by atoms with Crippen molar-refractivity contribution >= 4 is 17.5 Å². The van der Waals surface area contributed by atoms with E-state index < -0.39 is 5.97 Å². The summed E-state index contributed by atoms with van der Waals surface area (Å²) in [6.07, 6.45) is 16.5. The van der Waals surface area contributed by atoms with E-state index in [0.717, 1.165) is 83.5 Å². The Kier molecular flexibility index (Phi) is 30.2. The number of carboxylic acid groups (broad SMARTS) is 1. The second-order valence-electron chi connectivity index (χ2n) is 13.2. The lowest BCUT2D eigenvalue weighted by Gasteiger charge is -2.35. The third-order valence-electron chi connectivity index (χ3n) is 9.73. The highest BCUT2D eigenvalue weighted by Crippen LogP contribution is 2.36. The van der Waals surface area contributed by atoms with Crippen LogP contribution in [0.15, 0.2) is 0 Å². The van der Waals surface area contributed by atoms with Gasteiger partial charge < -0.3 is 56.9 Å². The lowest BCUT2D eigenvalue weighted by molar-refractivity contribution is -0.179. The number of ether oxygens (including phenoxy) is 4. The van der Waals surface area contributed by atoms with Crippen LogP contribution in [-0.4, -0.2) is 119 Å². The fraction of sp³-hybridized carbons (Fsp3) is 0.917. The topological polar surface area (TPSA) is 228 Å². The molecule has 2 heterocycles. The summed E-state index contributed by atoms with van der Waals surface area (Å²) >= 11 is 0. The van der Waals surface area contributed by atoms with E-state index in [4.69, 9.17) is 28.8 Å². The van der Waals surface area contributed by atoms with Gasteiger partial charge in [0.15, 0.2) is 11.6 Å². The van der Waals surface area contributed by atoms with Gasteiger partial charge in [-0.25, -0.2) is 0 Å². The van der Waals surface area contributed by atoms with Gasteiger partial charge in [-0.1, -0.05) is 6.92 Å². The maximum absolute atomic E-state index is 10.9. The first-order chi connectivity index (χ1) is 23.5. The fourth-order valence-electron chi connectivity index (χ4n) is 6.60. The Morgan fingerprint density at radius 2 is 0.900 bits per heavy atom. The average Bonchev–Trinajstić information content (AvgIpc) is 3.80. The molecule has 0 amide bonds. The number of hydrogen-bond acceptors (Lipinski definition) is 12. The first-order valence-corrected chi connectivity index (χ1v) is 18.5. The van der Waals surface area contributed by atoms with Crippen molar-refractivity contribution in [3.63, 3.8) is 0 Å². The van der Waals surface area contributed by atoms with E-state index in [-0.39, 0.29) is 17.1 Å². The molecular formula is C36H75N5O9. The van der Waals surface area contributed by atoms with E-state index in [1.54, 1.807) is 0 Å². The molecule has 6 rings (SSSR count). The van der Waals surface area contributed by atoms with Crippen molar-refractivity contribution < 1.29 is 43.9 Å². The predicted molar refractivity (Wildman–Crippen MR) is 198 cm³/mol. The summed E-state index contributed by atoms with van der Waals surface area (Å²) in [6.45, 7) is 6.38. The van der Waals surface area contributed by atoms with Crippen molar-refractivity contribution in [1.82, 2.24) is 16.0 Å². The minimum absolute atomic E-state index is 0. The summed E-state index contributed by atoms with van der Waals surface area (Å²) in [4.78, 5) is 30.6. The zero-order valence-electron chi connectivity index (χ0n) is 32.4. The Bertz CT molecular complexity index is 827. The Morgan fingerprint density at radius 1 is 0.600 bits per heavy atom. The maximum atomic E-state index is 10.9. The van der Waals surface area contributed by atoms with Crippen molar-refractivity contribution in [2.75, 3.05) is 61.7 Å². The minimum atomic E-state index is -0.833. The number of carboxylic acids is 1. The van der Waals surface area contributed by atoms with Gasteiger partial charge >= 0.3 is 0 Å². The molecule has 2 aliphatic heterocycles. The number of rotatable bonds is 3. The number of aliphatic carboxylic acids is 1. The Balaban J connectivity index is 0. The molecule has 0 bridgehead atoms. The van der Waals surface area contributed by atoms with E-state index >= 15 is 0 Å². The van der Waals surface area contributed by atoms with Crippen molar-refractivity contribution in [2.45, 2.75) is 146 Å². The molecule has 6 aliphatic rings. The van der Waals surface area contributed by atoms with Crippen molar-refractivity contribution in [3.8, 4) is 0 Å². The molecule has 298 valence electrons. The second-order valence-corrected chi connectivity index (χ2v) is 13.2.